The highest BCUT2D eigenvalue weighted by Gasteiger charge is 2.34. The van der Waals surface area contributed by atoms with Crippen molar-refractivity contribution < 1.29 is 4.74 Å². The van der Waals surface area contributed by atoms with Gasteiger partial charge in [-0.2, -0.15) is 5.26 Å². The Labute approximate surface area is 98.3 Å². The van der Waals surface area contributed by atoms with Gasteiger partial charge >= 0.3 is 0 Å². The fraction of sp³-hybridized carbons (Fsp3) is 0.786. The summed E-state index contributed by atoms with van der Waals surface area (Å²) in [5.74, 6) is 1.32. The Morgan fingerprint density at radius 3 is 3.00 bits per heavy atom. The zero-order valence-corrected chi connectivity index (χ0v) is 10.3. The molecule has 1 fully saturated rings. The first-order valence-corrected chi connectivity index (χ1v) is 6.39. The molecule has 0 amide bonds. The van der Waals surface area contributed by atoms with Crippen LogP contribution in [0.1, 0.15) is 39.5 Å². The van der Waals surface area contributed by atoms with Gasteiger partial charge in [0, 0.05) is 6.61 Å². The van der Waals surface area contributed by atoms with Gasteiger partial charge in [-0.05, 0) is 44.4 Å². The smallest absolute Gasteiger partial charge is 0.0764 e. The fourth-order valence-corrected chi connectivity index (χ4v) is 3.25. The molecule has 88 valence electrons. The Bertz CT molecular complexity index is 315. The summed E-state index contributed by atoms with van der Waals surface area (Å²) in [6.45, 7) is 5.31. The molecule has 2 heteroatoms. The highest BCUT2D eigenvalue weighted by atomic mass is 16.5. The molecule has 4 unspecified atom stereocenters. The van der Waals surface area contributed by atoms with Crippen LogP contribution in [-0.4, -0.2) is 12.7 Å². The maximum Gasteiger partial charge on any atom is 0.0764 e. The Balaban J connectivity index is 2.06. The Hall–Kier alpha value is -0.810. The summed E-state index contributed by atoms with van der Waals surface area (Å²) in [7, 11) is 0. The third-order valence-corrected chi connectivity index (χ3v) is 3.82. The maximum absolute atomic E-state index is 9.18. The van der Waals surface area contributed by atoms with E-state index in [-0.39, 0.29) is 12.0 Å². The number of allylic oxidation sites excluding steroid dienone is 2. The number of ether oxygens (including phenoxy) is 1. The molecule has 1 aliphatic heterocycles. The van der Waals surface area contributed by atoms with Gasteiger partial charge < -0.3 is 4.74 Å². The summed E-state index contributed by atoms with van der Waals surface area (Å²) >= 11 is 0. The summed E-state index contributed by atoms with van der Waals surface area (Å²) in [6, 6.07) is 2.44. The van der Waals surface area contributed by atoms with Crippen LogP contribution in [-0.2, 0) is 4.74 Å². The van der Waals surface area contributed by atoms with Crippen molar-refractivity contribution in [2.45, 2.75) is 45.6 Å². The van der Waals surface area contributed by atoms with Gasteiger partial charge in [0.25, 0.3) is 0 Å². The minimum absolute atomic E-state index is 0.122. The van der Waals surface area contributed by atoms with Crippen molar-refractivity contribution in [3.8, 4) is 6.07 Å². The molecule has 1 aliphatic carbocycles. The van der Waals surface area contributed by atoms with E-state index in [0.717, 1.165) is 25.9 Å². The molecule has 0 saturated carbocycles. The largest absolute Gasteiger partial charge is 0.377 e. The summed E-state index contributed by atoms with van der Waals surface area (Å²) in [6.07, 6.45) is 6.92. The number of hydrogen-bond donors (Lipinski definition) is 0. The predicted molar refractivity (Wildman–Crippen MR) is 63.7 cm³/mol. The molecule has 0 N–H and O–H groups in total. The molecule has 0 spiro atoms. The maximum atomic E-state index is 9.18. The summed E-state index contributed by atoms with van der Waals surface area (Å²) in [4.78, 5) is 0. The van der Waals surface area contributed by atoms with E-state index in [2.05, 4.69) is 26.0 Å². The molecule has 16 heavy (non-hydrogen) atoms. The second kappa shape index (κ2) is 5.01. The zero-order valence-electron chi connectivity index (χ0n) is 10.3. The number of hydrogen-bond acceptors (Lipinski definition) is 2. The van der Waals surface area contributed by atoms with Gasteiger partial charge in [-0.15, -0.1) is 0 Å². The van der Waals surface area contributed by atoms with Crippen molar-refractivity contribution >= 4 is 0 Å². The van der Waals surface area contributed by atoms with Gasteiger partial charge in [-0.25, -0.2) is 0 Å². The highest BCUT2D eigenvalue weighted by molar-refractivity contribution is 5.09. The molecule has 0 aromatic heterocycles. The van der Waals surface area contributed by atoms with Gasteiger partial charge in [0.2, 0.25) is 0 Å². The minimum Gasteiger partial charge on any atom is -0.377 e. The van der Waals surface area contributed by atoms with Crippen LogP contribution in [0.25, 0.3) is 0 Å². The lowest BCUT2D eigenvalue weighted by Gasteiger charge is -2.37. The first kappa shape index (κ1) is 11.7. The molecular formula is C14H21NO. The summed E-state index contributed by atoms with van der Waals surface area (Å²) in [5, 5.41) is 9.18. The quantitative estimate of drug-likeness (QED) is 0.634. The van der Waals surface area contributed by atoms with Gasteiger partial charge in [-0.3, -0.25) is 0 Å². The predicted octanol–water partition coefficient (Wildman–Crippen LogP) is 3.30. The first-order valence-electron chi connectivity index (χ1n) is 6.39. The third kappa shape index (κ3) is 2.47. The first-order chi connectivity index (χ1) is 7.70. The van der Waals surface area contributed by atoms with Gasteiger partial charge in [0.15, 0.2) is 0 Å². The monoisotopic (exact) mass is 219 g/mol. The van der Waals surface area contributed by atoms with E-state index >= 15 is 0 Å². The van der Waals surface area contributed by atoms with E-state index in [9.17, 15) is 5.26 Å². The van der Waals surface area contributed by atoms with Crippen molar-refractivity contribution in [1.29, 1.82) is 5.26 Å². The van der Waals surface area contributed by atoms with E-state index in [1.165, 1.54) is 12.0 Å². The van der Waals surface area contributed by atoms with Crippen molar-refractivity contribution in [1.82, 2.24) is 0 Å². The van der Waals surface area contributed by atoms with Crippen LogP contribution in [0.4, 0.5) is 0 Å². The van der Waals surface area contributed by atoms with Crippen molar-refractivity contribution in [3.05, 3.63) is 11.6 Å². The Morgan fingerprint density at radius 2 is 2.31 bits per heavy atom. The Morgan fingerprint density at radius 1 is 1.50 bits per heavy atom. The second-order valence-corrected chi connectivity index (χ2v) is 5.40. The summed E-state index contributed by atoms with van der Waals surface area (Å²) in [5.41, 5.74) is 1.47. The van der Waals surface area contributed by atoms with Crippen LogP contribution in [0.2, 0.25) is 0 Å². The lowest BCUT2D eigenvalue weighted by molar-refractivity contribution is -0.0495. The molecule has 0 bridgehead atoms. The molecule has 2 aliphatic rings. The average molecular weight is 219 g/mol. The van der Waals surface area contributed by atoms with E-state index < -0.39 is 0 Å². The van der Waals surface area contributed by atoms with E-state index in [0.29, 0.717) is 11.8 Å². The minimum atomic E-state index is 0.122. The highest BCUT2D eigenvalue weighted by Crippen LogP contribution is 2.36. The second-order valence-electron chi connectivity index (χ2n) is 5.40. The van der Waals surface area contributed by atoms with Crippen molar-refractivity contribution in [2.24, 2.45) is 17.8 Å². The Kier molecular flexibility index (Phi) is 3.66. The molecule has 2 nitrogen and oxygen atoms in total. The average Bonchev–Trinajstić information content (AvgIpc) is 2.27. The van der Waals surface area contributed by atoms with Crippen molar-refractivity contribution in [3.63, 3.8) is 0 Å². The lowest BCUT2D eigenvalue weighted by atomic mass is 9.75. The van der Waals surface area contributed by atoms with E-state index in [1.807, 2.05) is 0 Å². The summed E-state index contributed by atoms with van der Waals surface area (Å²) < 4.78 is 5.87. The van der Waals surface area contributed by atoms with Crippen LogP contribution in [0, 0.1) is 29.1 Å². The van der Waals surface area contributed by atoms with Gasteiger partial charge in [0.1, 0.15) is 0 Å². The molecule has 0 aromatic rings. The van der Waals surface area contributed by atoms with Crippen molar-refractivity contribution in [2.75, 3.05) is 6.61 Å². The van der Waals surface area contributed by atoms with E-state index in [4.69, 9.17) is 4.74 Å². The normalized spacial score (nSPS) is 39.9. The van der Waals surface area contributed by atoms with Crippen LogP contribution >= 0.6 is 0 Å². The molecule has 4 atom stereocenters. The van der Waals surface area contributed by atoms with Crippen LogP contribution in [0.5, 0.6) is 0 Å². The topological polar surface area (TPSA) is 33.0 Å². The molecule has 0 radical (unpaired) electrons. The molecule has 2 rings (SSSR count). The van der Waals surface area contributed by atoms with Crippen LogP contribution in [0.3, 0.4) is 0 Å². The van der Waals surface area contributed by atoms with Crippen LogP contribution < -0.4 is 0 Å². The standard InChI is InChI=1S/C14H21NO/c1-10-6-11(2)8-13(7-10)14-12(9-15)4-3-5-16-14/h6,10,12-14H,3-5,7-8H2,1-2H3. The fourth-order valence-electron chi connectivity index (χ4n) is 3.25. The zero-order chi connectivity index (χ0) is 11.5. The SMILES string of the molecule is CC1=CC(C)CC(C2OCCCC2C#N)C1. The molecule has 1 heterocycles. The molecule has 0 aromatic carbocycles. The number of nitrogens with zero attached hydrogens (tertiary/aromatic N) is 1. The third-order valence-electron chi connectivity index (χ3n) is 3.82. The molecular weight excluding hydrogens is 198 g/mol. The van der Waals surface area contributed by atoms with Gasteiger partial charge in [0.05, 0.1) is 18.1 Å². The van der Waals surface area contributed by atoms with Gasteiger partial charge in [-0.1, -0.05) is 18.6 Å². The molecule has 1 saturated heterocycles. The lowest BCUT2D eigenvalue weighted by Crippen LogP contribution is -2.37. The van der Waals surface area contributed by atoms with Crippen LogP contribution in [0.15, 0.2) is 11.6 Å². The van der Waals surface area contributed by atoms with E-state index in [1.54, 1.807) is 0 Å². The number of rotatable bonds is 1. The number of nitriles is 1.